The number of nitrogens with one attached hydrogen (secondary N) is 1. The minimum absolute atomic E-state index is 0.227. The van der Waals surface area contributed by atoms with E-state index in [0.29, 0.717) is 6.42 Å². The number of amides is 1. The van der Waals surface area contributed by atoms with Crippen molar-refractivity contribution in [3.05, 3.63) is 72.9 Å². The number of carbonyl (C=O) groups is 1. The summed E-state index contributed by atoms with van der Waals surface area (Å²) < 4.78 is 34.4. The van der Waals surface area contributed by atoms with Gasteiger partial charge >= 0.3 is 0 Å². The zero-order valence-corrected chi connectivity index (χ0v) is 56.5. The first kappa shape index (κ1) is 83.5. The van der Waals surface area contributed by atoms with E-state index in [2.05, 4.69) is 79.9 Å². The fraction of sp³-hybridized carbons (Fsp3) is 0.822. The Morgan fingerprint density at radius 3 is 1.17 bits per heavy atom. The molecule has 3 rings (SSSR count). The maximum absolute atomic E-state index is 13.4. The van der Waals surface area contributed by atoms with Crippen LogP contribution in [0.5, 0.6) is 0 Å². The first-order valence-corrected chi connectivity index (χ1v) is 36.2. The smallest absolute Gasteiger partial charge is 0.220 e. The Bertz CT molecular complexity index is 1950. The van der Waals surface area contributed by atoms with Crippen molar-refractivity contribution in [3.8, 4) is 0 Å². The molecule has 0 aromatic heterocycles. The summed E-state index contributed by atoms with van der Waals surface area (Å²) in [6, 6.07) is -0.985. The molecule has 3 fully saturated rings. The molecule has 17 unspecified atom stereocenters. The highest BCUT2D eigenvalue weighted by Crippen LogP contribution is 2.33. The van der Waals surface area contributed by atoms with Gasteiger partial charge < -0.3 is 89.9 Å². The van der Waals surface area contributed by atoms with Gasteiger partial charge in [0.05, 0.1) is 38.6 Å². The Hall–Kier alpha value is -2.77. The van der Waals surface area contributed by atoms with Gasteiger partial charge in [0.1, 0.15) is 73.2 Å². The molecule has 0 saturated carbocycles. The maximum Gasteiger partial charge on any atom is 0.220 e. The van der Waals surface area contributed by atoms with Crippen LogP contribution in [0.3, 0.4) is 0 Å². The lowest BCUT2D eigenvalue weighted by atomic mass is 9.96. The zero-order valence-electron chi connectivity index (χ0n) is 56.5. The van der Waals surface area contributed by atoms with Crippen LogP contribution in [0.2, 0.25) is 0 Å². The van der Waals surface area contributed by atoms with Gasteiger partial charge in [-0.15, -0.1) is 0 Å². The Morgan fingerprint density at radius 1 is 0.402 bits per heavy atom. The maximum atomic E-state index is 13.4. The predicted octanol–water partition coefficient (Wildman–Crippen LogP) is 10.1. The monoisotopic (exact) mass is 1310 g/mol. The van der Waals surface area contributed by atoms with E-state index >= 15 is 0 Å². The fourth-order valence-electron chi connectivity index (χ4n) is 11.9. The number of rotatable bonds is 55. The minimum Gasteiger partial charge on any atom is -0.394 e. The van der Waals surface area contributed by atoms with Crippen molar-refractivity contribution in [1.29, 1.82) is 0 Å². The van der Waals surface area contributed by atoms with Crippen molar-refractivity contribution < 1.29 is 89.4 Å². The third kappa shape index (κ3) is 35.5. The Kier molecular flexibility index (Phi) is 49.2. The van der Waals surface area contributed by atoms with Gasteiger partial charge in [-0.05, 0) is 64.2 Å². The largest absolute Gasteiger partial charge is 0.394 e. The van der Waals surface area contributed by atoms with Crippen LogP contribution in [0, 0.1) is 0 Å². The van der Waals surface area contributed by atoms with Gasteiger partial charge in [-0.3, -0.25) is 4.79 Å². The highest BCUT2D eigenvalue weighted by atomic mass is 16.8. The lowest BCUT2D eigenvalue weighted by molar-refractivity contribution is -0.379. The summed E-state index contributed by atoms with van der Waals surface area (Å²) >= 11 is 0. The van der Waals surface area contributed by atoms with Crippen LogP contribution in [-0.4, -0.2) is 193 Å². The molecule has 0 aliphatic carbocycles. The molecule has 3 aliphatic heterocycles. The van der Waals surface area contributed by atoms with Gasteiger partial charge in [0.25, 0.3) is 0 Å². The Morgan fingerprint density at radius 2 is 0.750 bits per heavy atom. The number of aliphatic hydroxyl groups excluding tert-OH is 11. The molecule has 19 heteroatoms. The van der Waals surface area contributed by atoms with Gasteiger partial charge in [0.2, 0.25) is 5.91 Å². The Labute approximate surface area is 553 Å². The van der Waals surface area contributed by atoms with E-state index in [0.717, 1.165) is 103 Å². The molecule has 3 saturated heterocycles. The Balaban J connectivity index is 1.44. The number of hydrogen-bond acceptors (Lipinski definition) is 18. The third-order valence-corrected chi connectivity index (χ3v) is 17.8. The summed E-state index contributed by atoms with van der Waals surface area (Å²) in [5.74, 6) is -0.287. The number of allylic oxidation sites excluding steroid dienone is 11. The molecule has 534 valence electrons. The molecule has 12 N–H and O–H groups in total. The van der Waals surface area contributed by atoms with Gasteiger partial charge in [-0.25, -0.2) is 0 Å². The molecule has 0 radical (unpaired) electrons. The second kappa shape index (κ2) is 54.3. The van der Waals surface area contributed by atoms with E-state index in [4.69, 9.17) is 28.4 Å². The van der Waals surface area contributed by atoms with Crippen LogP contribution >= 0.6 is 0 Å². The van der Waals surface area contributed by atoms with Crippen molar-refractivity contribution in [2.75, 3.05) is 26.4 Å². The van der Waals surface area contributed by atoms with Crippen LogP contribution in [-0.2, 0) is 33.2 Å². The number of ether oxygens (including phenoxy) is 6. The van der Waals surface area contributed by atoms with E-state index in [1.807, 2.05) is 6.08 Å². The number of aliphatic hydroxyl groups is 11. The first-order chi connectivity index (χ1) is 44.8. The van der Waals surface area contributed by atoms with Gasteiger partial charge in [0.15, 0.2) is 18.9 Å². The average Bonchev–Trinajstić information content (AvgIpc) is 0.838. The van der Waals surface area contributed by atoms with Crippen LogP contribution < -0.4 is 5.32 Å². The standard InChI is InChI=1S/C73H129NO18/c1-3-5-7-9-11-13-15-17-19-21-23-25-27-29-30-32-34-36-38-40-42-44-46-48-50-57(78)56(74-61(79)51-49-47-45-43-41-39-37-35-33-31-28-26-24-22-20-18-16-14-12-10-8-6-4-2)55-87-71-67(85)64(82)69(59(53-76)89-71)92-73-68(86)65(83)70(60(54-77)90-73)91-72-66(84)63(81)62(80)58(52-75)88-72/h6,8,12,14,18,20,24,26,31,33,48,50,56-60,62-73,75-78,80-86H,3-5,7,9-11,13,15-17,19,21-23,25,27-30,32,34-47,49,51-55H2,1-2H3,(H,74,79)/b8-6-,14-12-,20-18-,26-24-,33-31-,50-48+. The molecule has 92 heavy (non-hydrogen) atoms. The van der Waals surface area contributed by atoms with E-state index in [9.17, 15) is 61.0 Å². The van der Waals surface area contributed by atoms with Crippen molar-refractivity contribution in [3.63, 3.8) is 0 Å². The quantitative estimate of drug-likeness (QED) is 0.0199. The molecule has 3 heterocycles. The summed E-state index contributed by atoms with van der Waals surface area (Å²) in [6.45, 7) is 1.63. The molecule has 1 amide bonds. The van der Waals surface area contributed by atoms with Crippen molar-refractivity contribution in [2.24, 2.45) is 0 Å². The van der Waals surface area contributed by atoms with E-state index in [1.165, 1.54) is 122 Å². The number of hydrogen-bond donors (Lipinski definition) is 12. The fourth-order valence-corrected chi connectivity index (χ4v) is 11.9. The molecule has 0 aromatic rings. The van der Waals surface area contributed by atoms with E-state index in [-0.39, 0.29) is 18.9 Å². The molecule has 0 aromatic carbocycles. The van der Waals surface area contributed by atoms with Gasteiger partial charge in [-0.2, -0.15) is 0 Å². The average molecular weight is 1310 g/mol. The molecule has 19 nitrogen and oxygen atoms in total. The van der Waals surface area contributed by atoms with Gasteiger partial charge in [0, 0.05) is 6.42 Å². The first-order valence-electron chi connectivity index (χ1n) is 36.2. The summed E-state index contributed by atoms with van der Waals surface area (Å²) in [5, 5.41) is 121. The van der Waals surface area contributed by atoms with Crippen molar-refractivity contribution >= 4 is 5.91 Å². The molecule has 3 aliphatic rings. The van der Waals surface area contributed by atoms with E-state index < -0.39 is 124 Å². The van der Waals surface area contributed by atoms with Crippen molar-refractivity contribution in [2.45, 2.75) is 356 Å². The SMILES string of the molecule is CC/C=C\C/C=C\C/C=C\C/C=C\C/C=C\CCCCCCCCCC(=O)NC(COC1OC(CO)C(OC2OC(CO)C(OC3OC(CO)C(O)C(O)C3O)C(O)C2O)C(O)C1O)C(O)/C=C/CCCCCCCCCCCCCCCCCCCCCCCC. The molecule has 17 atom stereocenters. The second-order valence-electron chi connectivity index (χ2n) is 25.7. The number of carbonyl (C=O) groups excluding carboxylic acids is 1. The normalized spacial score (nSPS) is 28.1. The molecule has 0 spiro atoms. The minimum atomic E-state index is -1.98. The lowest BCUT2D eigenvalue weighted by Gasteiger charge is -2.48. The summed E-state index contributed by atoms with van der Waals surface area (Å²) in [4.78, 5) is 13.4. The highest BCUT2D eigenvalue weighted by Gasteiger charge is 2.53. The van der Waals surface area contributed by atoms with E-state index in [1.54, 1.807) is 6.08 Å². The summed E-state index contributed by atoms with van der Waals surface area (Å²) in [7, 11) is 0. The molecular weight excluding hydrogens is 1180 g/mol. The second-order valence-corrected chi connectivity index (χ2v) is 25.7. The summed E-state index contributed by atoms with van der Waals surface area (Å²) in [6.07, 6.45) is 41.5. The summed E-state index contributed by atoms with van der Waals surface area (Å²) in [5.41, 5.74) is 0. The molecule has 0 bridgehead atoms. The zero-order chi connectivity index (χ0) is 66.8. The topological polar surface area (TPSA) is 307 Å². The predicted molar refractivity (Wildman–Crippen MR) is 360 cm³/mol. The van der Waals surface area contributed by atoms with Gasteiger partial charge in [-0.1, -0.05) is 254 Å². The van der Waals surface area contributed by atoms with Crippen LogP contribution in [0.4, 0.5) is 0 Å². The molecular formula is C73H129NO18. The van der Waals surface area contributed by atoms with Crippen LogP contribution in [0.1, 0.15) is 251 Å². The third-order valence-electron chi connectivity index (χ3n) is 17.8. The number of unbranched alkanes of at least 4 members (excludes halogenated alkanes) is 29. The van der Waals surface area contributed by atoms with Crippen molar-refractivity contribution in [1.82, 2.24) is 5.32 Å². The highest BCUT2D eigenvalue weighted by molar-refractivity contribution is 5.76. The van der Waals surface area contributed by atoms with Crippen LogP contribution in [0.15, 0.2) is 72.9 Å². The lowest BCUT2D eigenvalue weighted by Crippen LogP contribution is -2.66. The van der Waals surface area contributed by atoms with Crippen LogP contribution in [0.25, 0.3) is 0 Å².